The Morgan fingerprint density at radius 2 is 2.23 bits per heavy atom. The van der Waals surface area contributed by atoms with Crippen molar-refractivity contribution in [1.29, 1.82) is 0 Å². The molecule has 72 valence electrons. The fraction of sp³-hybridized carbons (Fsp3) is 0.500. The summed E-state index contributed by atoms with van der Waals surface area (Å²) in [5, 5.41) is 0.496. The van der Waals surface area contributed by atoms with E-state index in [1.165, 1.54) is 0 Å². The lowest BCUT2D eigenvalue weighted by Crippen LogP contribution is -2.01. The minimum absolute atomic E-state index is 0.496. The van der Waals surface area contributed by atoms with Gasteiger partial charge in [-0.2, -0.15) is 0 Å². The highest BCUT2D eigenvalue weighted by Gasteiger charge is 1.96. The van der Waals surface area contributed by atoms with Crippen LogP contribution in [0.25, 0.3) is 0 Å². The van der Waals surface area contributed by atoms with Crippen LogP contribution in [0.15, 0.2) is 18.3 Å². The Hall–Kier alpha value is -0.760. The second-order valence-electron chi connectivity index (χ2n) is 3.35. The molecule has 0 fully saturated rings. The molecule has 2 nitrogen and oxygen atoms in total. The quantitative estimate of drug-likeness (QED) is 0.695. The molecular weight excluding hydrogens is 186 g/mol. The highest BCUT2D eigenvalue weighted by atomic mass is 35.5. The summed E-state index contributed by atoms with van der Waals surface area (Å²) in [6, 6.07) is 3.56. The van der Waals surface area contributed by atoms with Gasteiger partial charge in [-0.1, -0.05) is 25.4 Å². The van der Waals surface area contributed by atoms with Crippen molar-refractivity contribution in [3.05, 3.63) is 23.5 Å². The summed E-state index contributed by atoms with van der Waals surface area (Å²) in [6.45, 7) is 5.08. The van der Waals surface area contributed by atoms with Crippen LogP contribution in [0.3, 0.4) is 0 Å². The highest BCUT2D eigenvalue weighted by molar-refractivity contribution is 6.29. The van der Waals surface area contributed by atoms with Gasteiger partial charge in [-0.05, 0) is 24.5 Å². The lowest BCUT2D eigenvalue weighted by atomic mass is 10.1. The minimum Gasteiger partial charge on any atom is -0.492 e. The molecule has 1 aromatic heterocycles. The average Bonchev–Trinajstić information content (AvgIpc) is 2.08. The first-order valence-electron chi connectivity index (χ1n) is 4.43. The molecule has 1 aromatic rings. The van der Waals surface area contributed by atoms with Crippen LogP contribution >= 0.6 is 11.6 Å². The minimum atomic E-state index is 0.496. The molecule has 0 spiro atoms. The number of ether oxygens (including phenoxy) is 1. The lowest BCUT2D eigenvalue weighted by molar-refractivity contribution is 0.288. The Balaban J connectivity index is 2.33. The number of hydrogen-bond acceptors (Lipinski definition) is 2. The first-order valence-corrected chi connectivity index (χ1v) is 4.80. The zero-order valence-electron chi connectivity index (χ0n) is 7.96. The van der Waals surface area contributed by atoms with E-state index in [1.54, 1.807) is 12.3 Å². The Morgan fingerprint density at radius 3 is 2.77 bits per heavy atom. The van der Waals surface area contributed by atoms with Crippen LogP contribution in [-0.4, -0.2) is 11.6 Å². The number of aromatic nitrogens is 1. The highest BCUT2D eigenvalue weighted by Crippen LogP contribution is 2.12. The molecule has 0 N–H and O–H groups in total. The summed E-state index contributed by atoms with van der Waals surface area (Å²) in [7, 11) is 0. The van der Waals surface area contributed by atoms with Gasteiger partial charge in [-0.25, -0.2) is 4.98 Å². The first kappa shape index (κ1) is 10.3. The SMILES string of the molecule is CC(C)CCOc1ccc(Cl)nc1. The summed E-state index contributed by atoms with van der Waals surface area (Å²) in [5.74, 6) is 1.45. The Labute approximate surface area is 83.9 Å². The van der Waals surface area contributed by atoms with E-state index in [2.05, 4.69) is 18.8 Å². The van der Waals surface area contributed by atoms with Crippen LogP contribution in [0.5, 0.6) is 5.75 Å². The van der Waals surface area contributed by atoms with E-state index in [0.717, 1.165) is 18.8 Å². The van der Waals surface area contributed by atoms with Crippen molar-refractivity contribution in [2.24, 2.45) is 5.92 Å². The summed E-state index contributed by atoms with van der Waals surface area (Å²) >= 11 is 5.63. The smallest absolute Gasteiger partial charge is 0.137 e. The molecule has 0 radical (unpaired) electrons. The van der Waals surface area contributed by atoms with Gasteiger partial charge in [0.25, 0.3) is 0 Å². The molecule has 0 saturated heterocycles. The van der Waals surface area contributed by atoms with E-state index in [9.17, 15) is 0 Å². The van der Waals surface area contributed by atoms with Crippen LogP contribution < -0.4 is 4.74 Å². The third-order valence-corrected chi connectivity index (χ3v) is 1.89. The Kier molecular flexibility index (Phi) is 4.03. The molecule has 0 aromatic carbocycles. The third-order valence-electron chi connectivity index (χ3n) is 1.66. The van der Waals surface area contributed by atoms with Crippen molar-refractivity contribution in [2.75, 3.05) is 6.61 Å². The zero-order chi connectivity index (χ0) is 9.68. The molecule has 0 unspecified atom stereocenters. The molecular formula is C10H14ClNO. The van der Waals surface area contributed by atoms with Crippen molar-refractivity contribution in [1.82, 2.24) is 4.98 Å². The van der Waals surface area contributed by atoms with Crippen LogP contribution in [-0.2, 0) is 0 Å². The molecule has 0 amide bonds. The normalized spacial score (nSPS) is 10.5. The van der Waals surface area contributed by atoms with Crippen molar-refractivity contribution in [3.63, 3.8) is 0 Å². The van der Waals surface area contributed by atoms with Crippen LogP contribution in [0.4, 0.5) is 0 Å². The molecule has 0 bridgehead atoms. The molecule has 0 saturated carbocycles. The average molecular weight is 200 g/mol. The summed E-state index contributed by atoms with van der Waals surface area (Å²) < 4.78 is 5.45. The van der Waals surface area contributed by atoms with E-state index in [1.807, 2.05) is 6.07 Å². The Bertz CT molecular complexity index is 246. The molecule has 0 aliphatic rings. The van der Waals surface area contributed by atoms with Crippen LogP contribution in [0.2, 0.25) is 5.15 Å². The molecule has 1 rings (SSSR count). The topological polar surface area (TPSA) is 22.1 Å². The summed E-state index contributed by atoms with van der Waals surface area (Å²) in [6.07, 6.45) is 2.70. The Morgan fingerprint density at radius 1 is 1.46 bits per heavy atom. The molecule has 0 aliphatic heterocycles. The molecule has 13 heavy (non-hydrogen) atoms. The van der Waals surface area contributed by atoms with Gasteiger partial charge in [0.2, 0.25) is 0 Å². The van der Waals surface area contributed by atoms with Crippen molar-refractivity contribution < 1.29 is 4.74 Å². The molecule has 0 atom stereocenters. The van der Waals surface area contributed by atoms with Gasteiger partial charge in [0.05, 0.1) is 12.8 Å². The fourth-order valence-corrected chi connectivity index (χ4v) is 0.972. The van der Waals surface area contributed by atoms with Gasteiger partial charge in [-0.3, -0.25) is 0 Å². The zero-order valence-corrected chi connectivity index (χ0v) is 8.71. The maximum atomic E-state index is 5.63. The van der Waals surface area contributed by atoms with Gasteiger partial charge in [0, 0.05) is 0 Å². The van der Waals surface area contributed by atoms with Gasteiger partial charge in [0.1, 0.15) is 10.9 Å². The van der Waals surface area contributed by atoms with E-state index >= 15 is 0 Å². The fourth-order valence-electron chi connectivity index (χ4n) is 0.860. The van der Waals surface area contributed by atoms with Crippen LogP contribution in [0, 0.1) is 5.92 Å². The molecule has 0 aliphatic carbocycles. The summed E-state index contributed by atoms with van der Waals surface area (Å²) in [4.78, 5) is 3.92. The molecule has 1 heterocycles. The predicted molar refractivity (Wildman–Crippen MR) is 54.2 cm³/mol. The summed E-state index contributed by atoms with van der Waals surface area (Å²) in [5.41, 5.74) is 0. The van der Waals surface area contributed by atoms with Crippen molar-refractivity contribution >= 4 is 11.6 Å². The van der Waals surface area contributed by atoms with Gasteiger partial charge in [0.15, 0.2) is 0 Å². The van der Waals surface area contributed by atoms with Crippen LogP contribution in [0.1, 0.15) is 20.3 Å². The number of hydrogen-bond donors (Lipinski definition) is 0. The first-order chi connectivity index (χ1) is 6.18. The van der Waals surface area contributed by atoms with E-state index in [0.29, 0.717) is 11.1 Å². The van der Waals surface area contributed by atoms with Crippen molar-refractivity contribution in [3.8, 4) is 5.75 Å². The number of rotatable bonds is 4. The van der Waals surface area contributed by atoms with Gasteiger partial charge >= 0.3 is 0 Å². The number of nitrogens with zero attached hydrogens (tertiary/aromatic N) is 1. The third kappa shape index (κ3) is 4.13. The number of pyridine rings is 1. The maximum Gasteiger partial charge on any atom is 0.137 e. The predicted octanol–water partition coefficient (Wildman–Crippen LogP) is 3.16. The largest absolute Gasteiger partial charge is 0.492 e. The van der Waals surface area contributed by atoms with Gasteiger partial charge < -0.3 is 4.74 Å². The second-order valence-corrected chi connectivity index (χ2v) is 3.73. The lowest BCUT2D eigenvalue weighted by Gasteiger charge is -2.07. The standard InChI is InChI=1S/C10H14ClNO/c1-8(2)5-6-13-9-3-4-10(11)12-7-9/h3-4,7-8H,5-6H2,1-2H3. The molecule has 3 heteroatoms. The van der Waals surface area contributed by atoms with E-state index < -0.39 is 0 Å². The van der Waals surface area contributed by atoms with Crippen molar-refractivity contribution in [2.45, 2.75) is 20.3 Å². The monoisotopic (exact) mass is 199 g/mol. The maximum absolute atomic E-state index is 5.63. The number of halogens is 1. The van der Waals surface area contributed by atoms with E-state index in [-0.39, 0.29) is 0 Å². The van der Waals surface area contributed by atoms with Gasteiger partial charge in [-0.15, -0.1) is 0 Å². The second kappa shape index (κ2) is 5.07. The van der Waals surface area contributed by atoms with E-state index in [4.69, 9.17) is 16.3 Å².